The van der Waals surface area contributed by atoms with E-state index in [1.54, 1.807) is 29.2 Å². The molecular weight excluding hydrogens is 270 g/mol. The maximum Gasteiger partial charge on any atom is 0.328 e. The average Bonchev–Trinajstić information content (AvgIpc) is 2.88. The molecule has 0 unspecified atom stereocenters. The second-order valence-corrected chi connectivity index (χ2v) is 5.27. The molecule has 0 saturated carbocycles. The van der Waals surface area contributed by atoms with Gasteiger partial charge in [0, 0.05) is 26.1 Å². The monoisotopic (exact) mass is 287 g/mol. The third-order valence-corrected chi connectivity index (χ3v) is 3.87. The molecule has 1 saturated heterocycles. The highest BCUT2D eigenvalue weighted by molar-refractivity contribution is 5.78. The van der Waals surface area contributed by atoms with E-state index in [9.17, 15) is 14.4 Å². The highest BCUT2D eigenvalue weighted by Crippen LogP contribution is 2.10. The Balaban J connectivity index is 1.79. The van der Waals surface area contributed by atoms with Crippen molar-refractivity contribution >= 4 is 16.8 Å². The van der Waals surface area contributed by atoms with E-state index in [1.807, 2.05) is 0 Å². The quantitative estimate of drug-likeness (QED) is 0.899. The smallest absolute Gasteiger partial charge is 0.328 e. The van der Waals surface area contributed by atoms with Gasteiger partial charge in [0.05, 0.1) is 10.9 Å². The number of rotatable bonds is 4. The Morgan fingerprint density at radius 1 is 1.10 bits per heavy atom. The van der Waals surface area contributed by atoms with Crippen molar-refractivity contribution in [3.63, 3.8) is 0 Å². The number of likely N-dealkylation sites (tertiary alicyclic amines) is 1. The van der Waals surface area contributed by atoms with Crippen molar-refractivity contribution in [3.8, 4) is 0 Å². The van der Waals surface area contributed by atoms with Crippen molar-refractivity contribution in [2.45, 2.75) is 25.8 Å². The van der Waals surface area contributed by atoms with Gasteiger partial charge in [0.1, 0.15) is 0 Å². The molecule has 2 aromatic rings. The van der Waals surface area contributed by atoms with Crippen LogP contribution in [0.15, 0.2) is 33.9 Å². The second-order valence-electron chi connectivity index (χ2n) is 5.27. The number of hydrogen-bond acceptors (Lipinski definition) is 3. The fourth-order valence-electron chi connectivity index (χ4n) is 2.76. The SMILES string of the molecule is O=C1CCCN1CCCn1c(=O)[nH]c2ccccc2c1=O. The number of nitrogens with one attached hydrogen (secondary N) is 1. The first-order valence-corrected chi connectivity index (χ1v) is 7.16. The second kappa shape index (κ2) is 5.55. The summed E-state index contributed by atoms with van der Waals surface area (Å²) in [5.41, 5.74) is -0.119. The summed E-state index contributed by atoms with van der Waals surface area (Å²) in [7, 11) is 0. The van der Waals surface area contributed by atoms with Crippen LogP contribution in [0.2, 0.25) is 0 Å². The van der Waals surface area contributed by atoms with E-state index in [0.717, 1.165) is 13.0 Å². The van der Waals surface area contributed by atoms with Gasteiger partial charge in [-0.05, 0) is 25.0 Å². The number of aromatic nitrogens is 2. The Morgan fingerprint density at radius 3 is 2.67 bits per heavy atom. The molecule has 1 aromatic carbocycles. The van der Waals surface area contributed by atoms with Crippen LogP contribution in [0.4, 0.5) is 0 Å². The fourth-order valence-corrected chi connectivity index (χ4v) is 2.76. The molecule has 1 fully saturated rings. The fraction of sp³-hybridized carbons (Fsp3) is 0.400. The Labute approximate surface area is 121 Å². The van der Waals surface area contributed by atoms with E-state index in [1.165, 1.54) is 4.57 Å². The number of para-hydroxylation sites is 1. The third kappa shape index (κ3) is 2.61. The molecular formula is C15H17N3O3. The van der Waals surface area contributed by atoms with E-state index in [0.29, 0.717) is 36.8 Å². The summed E-state index contributed by atoms with van der Waals surface area (Å²) in [6.45, 7) is 1.70. The maximum absolute atomic E-state index is 12.3. The minimum Gasteiger partial charge on any atom is -0.343 e. The molecule has 21 heavy (non-hydrogen) atoms. The first kappa shape index (κ1) is 13.6. The molecule has 3 rings (SSSR count). The maximum atomic E-state index is 12.3. The van der Waals surface area contributed by atoms with E-state index < -0.39 is 5.69 Å². The predicted octanol–water partition coefficient (Wildman–Crippen LogP) is 0.702. The van der Waals surface area contributed by atoms with E-state index in [4.69, 9.17) is 0 Å². The molecule has 1 aliphatic rings. The molecule has 110 valence electrons. The Bertz CT molecular complexity index is 791. The molecule has 0 aliphatic carbocycles. The molecule has 1 N–H and O–H groups in total. The van der Waals surface area contributed by atoms with Crippen molar-refractivity contribution in [2.24, 2.45) is 0 Å². The molecule has 1 amide bonds. The van der Waals surface area contributed by atoms with Gasteiger partial charge in [-0.1, -0.05) is 12.1 Å². The van der Waals surface area contributed by atoms with Crippen molar-refractivity contribution in [1.82, 2.24) is 14.5 Å². The topological polar surface area (TPSA) is 75.2 Å². The third-order valence-electron chi connectivity index (χ3n) is 3.87. The lowest BCUT2D eigenvalue weighted by Gasteiger charge is -2.15. The van der Waals surface area contributed by atoms with Gasteiger partial charge in [-0.25, -0.2) is 4.79 Å². The van der Waals surface area contributed by atoms with Crippen LogP contribution >= 0.6 is 0 Å². The zero-order chi connectivity index (χ0) is 14.8. The Morgan fingerprint density at radius 2 is 1.90 bits per heavy atom. The van der Waals surface area contributed by atoms with Crippen LogP contribution in [0.25, 0.3) is 10.9 Å². The number of carbonyl (C=O) groups excluding carboxylic acids is 1. The van der Waals surface area contributed by atoms with Crippen LogP contribution in [0.1, 0.15) is 19.3 Å². The summed E-state index contributed by atoms with van der Waals surface area (Å²) in [6.07, 6.45) is 2.11. The van der Waals surface area contributed by atoms with Crippen LogP contribution < -0.4 is 11.2 Å². The molecule has 2 heterocycles. The van der Waals surface area contributed by atoms with Crippen LogP contribution in [0.5, 0.6) is 0 Å². The van der Waals surface area contributed by atoms with E-state index >= 15 is 0 Å². The molecule has 0 spiro atoms. The first-order chi connectivity index (χ1) is 10.2. The molecule has 1 aromatic heterocycles. The molecule has 0 radical (unpaired) electrons. The minimum absolute atomic E-state index is 0.162. The number of fused-ring (bicyclic) bond motifs is 1. The molecule has 1 aliphatic heterocycles. The van der Waals surface area contributed by atoms with Gasteiger partial charge in [0.25, 0.3) is 5.56 Å². The van der Waals surface area contributed by atoms with Crippen LogP contribution in [0.3, 0.4) is 0 Å². The summed E-state index contributed by atoms with van der Waals surface area (Å²) in [5, 5.41) is 0.509. The predicted molar refractivity (Wildman–Crippen MR) is 79.3 cm³/mol. The largest absolute Gasteiger partial charge is 0.343 e. The molecule has 0 atom stereocenters. The van der Waals surface area contributed by atoms with Crippen molar-refractivity contribution < 1.29 is 4.79 Å². The first-order valence-electron chi connectivity index (χ1n) is 7.16. The number of benzene rings is 1. The number of carbonyl (C=O) groups is 1. The van der Waals surface area contributed by atoms with Crippen LogP contribution in [-0.2, 0) is 11.3 Å². The normalized spacial score (nSPS) is 15.0. The Hall–Kier alpha value is -2.37. The average molecular weight is 287 g/mol. The summed E-state index contributed by atoms with van der Waals surface area (Å²) >= 11 is 0. The van der Waals surface area contributed by atoms with Gasteiger partial charge in [0.15, 0.2) is 0 Å². The minimum atomic E-state index is -0.397. The van der Waals surface area contributed by atoms with Gasteiger partial charge < -0.3 is 9.88 Å². The van der Waals surface area contributed by atoms with Gasteiger partial charge in [-0.2, -0.15) is 0 Å². The molecule has 6 nitrogen and oxygen atoms in total. The highest BCUT2D eigenvalue weighted by Gasteiger charge is 2.19. The highest BCUT2D eigenvalue weighted by atomic mass is 16.2. The number of nitrogens with zero attached hydrogens (tertiary/aromatic N) is 2. The number of amides is 1. The van der Waals surface area contributed by atoms with Gasteiger partial charge >= 0.3 is 5.69 Å². The summed E-state index contributed by atoms with van der Waals surface area (Å²) in [5.74, 6) is 0.162. The Kier molecular flexibility index (Phi) is 3.60. The van der Waals surface area contributed by atoms with E-state index in [-0.39, 0.29) is 11.5 Å². The molecule has 0 bridgehead atoms. The van der Waals surface area contributed by atoms with Crippen LogP contribution in [0, 0.1) is 0 Å². The summed E-state index contributed by atoms with van der Waals surface area (Å²) in [4.78, 5) is 40.3. The molecule has 6 heteroatoms. The lowest BCUT2D eigenvalue weighted by molar-refractivity contribution is -0.127. The zero-order valence-corrected chi connectivity index (χ0v) is 11.7. The van der Waals surface area contributed by atoms with Gasteiger partial charge in [0.2, 0.25) is 5.91 Å². The van der Waals surface area contributed by atoms with E-state index in [2.05, 4.69) is 4.98 Å². The zero-order valence-electron chi connectivity index (χ0n) is 11.7. The number of hydrogen-bond donors (Lipinski definition) is 1. The lowest BCUT2D eigenvalue weighted by atomic mass is 10.2. The van der Waals surface area contributed by atoms with Gasteiger partial charge in [-0.3, -0.25) is 14.2 Å². The number of H-pyrrole nitrogens is 1. The standard InChI is InChI=1S/C15H17N3O3/c19-13-7-3-8-17(13)9-4-10-18-14(20)11-5-1-2-6-12(11)16-15(18)21/h1-2,5-6H,3-4,7-10H2,(H,16,21). The number of aromatic amines is 1. The summed E-state index contributed by atoms with van der Waals surface area (Å²) in [6, 6.07) is 6.97. The van der Waals surface area contributed by atoms with Crippen LogP contribution in [-0.4, -0.2) is 33.4 Å². The van der Waals surface area contributed by atoms with Crippen molar-refractivity contribution in [3.05, 3.63) is 45.1 Å². The van der Waals surface area contributed by atoms with Crippen molar-refractivity contribution in [1.29, 1.82) is 0 Å². The lowest BCUT2D eigenvalue weighted by Crippen LogP contribution is -2.36. The van der Waals surface area contributed by atoms with Gasteiger partial charge in [-0.15, -0.1) is 0 Å². The summed E-state index contributed by atoms with van der Waals surface area (Å²) < 4.78 is 1.21. The van der Waals surface area contributed by atoms with Crippen molar-refractivity contribution in [2.75, 3.05) is 13.1 Å².